The summed E-state index contributed by atoms with van der Waals surface area (Å²) < 4.78 is 32.0. The number of benzene rings is 2. The number of carbonyl (C=O) groups is 1. The van der Waals surface area contributed by atoms with Crippen LogP contribution in [0.3, 0.4) is 0 Å². The van der Waals surface area contributed by atoms with Crippen molar-refractivity contribution in [3.63, 3.8) is 0 Å². The minimum atomic E-state index is -3.65. The molecule has 0 aliphatic heterocycles. The van der Waals surface area contributed by atoms with E-state index in [1.807, 2.05) is 31.2 Å². The number of ether oxygens (including phenoxy) is 1. The van der Waals surface area contributed by atoms with E-state index in [0.717, 1.165) is 11.3 Å². The Morgan fingerprint density at radius 3 is 2.54 bits per heavy atom. The standard InChI is InChI=1S/C18H23N3O4S/c1-2-25-16-8-6-14(7-9-16)12-18(22)21-15-4-3-5-17(13-15)26(23,24)20-11-10-19/h3-9,13,20H,2,10-12,19H2,1H3,(H,21,22). The van der Waals surface area contributed by atoms with Crippen LogP contribution in [-0.2, 0) is 21.2 Å². The Hall–Kier alpha value is -2.42. The van der Waals surface area contributed by atoms with Gasteiger partial charge in [0, 0.05) is 18.8 Å². The summed E-state index contributed by atoms with van der Waals surface area (Å²) in [5, 5.41) is 2.71. The molecule has 26 heavy (non-hydrogen) atoms. The molecule has 0 aliphatic rings. The first kappa shape index (κ1) is 19.9. The van der Waals surface area contributed by atoms with Gasteiger partial charge in [-0.2, -0.15) is 0 Å². The van der Waals surface area contributed by atoms with Crippen LogP contribution in [0, 0.1) is 0 Å². The maximum absolute atomic E-state index is 12.2. The van der Waals surface area contributed by atoms with Crippen LogP contribution in [-0.4, -0.2) is 34.0 Å². The summed E-state index contributed by atoms with van der Waals surface area (Å²) in [6.45, 7) is 2.84. The highest BCUT2D eigenvalue weighted by Gasteiger charge is 2.14. The van der Waals surface area contributed by atoms with Gasteiger partial charge in [-0.05, 0) is 42.8 Å². The molecule has 4 N–H and O–H groups in total. The molecule has 0 radical (unpaired) electrons. The Labute approximate surface area is 153 Å². The van der Waals surface area contributed by atoms with E-state index < -0.39 is 10.0 Å². The summed E-state index contributed by atoms with van der Waals surface area (Å²) in [4.78, 5) is 12.3. The molecule has 0 bridgehead atoms. The third-order valence-corrected chi connectivity index (χ3v) is 4.92. The molecule has 2 aromatic carbocycles. The van der Waals surface area contributed by atoms with Crippen molar-refractivity contribution in [2.75, 3.05) is 25.0 Å². The number of hydrogen-bond acceptors (Lipinski definition) is 5. The largest absolute Gasteiger partial charge is 0.494 e. The minimum Gasteiger partial charge on any atom is -0.494 e. The lowest BCUT2D eigenvalue weighted by Crippen LogP contribution is -2.29. The molecule has 0 saturated heterocycles. The van der Waals surface area contributed by atoms with Crippen molar-refractivity contribution < 1.29 is 17.9 Å². The van der Waals surface area contributed by atoms with Crippen LogP contribution in [0.1, 0.15) is 12.5 Å². The van der Waals surface area contributed by atoms with Gasteiger partial charge in [0.2, 0.25) is 15.9 Å². The Bertz CT molecular complexity index is 836. The van der Waals surface area contributed by atoms with E-state index in [0.29, 0.717) is 12.3 Å². The molecule has 0 atom stereocenters. The Morgan fingerprint density at radius 2 is 1.88 bits per heavy atom. The van der Waals surface area contributed by atoms with Crippen LogP contribution in [0.2, 0.25) is 0 Å². The lowest BCUT2D eigenvalue weighted by atomic mass is 10.1. The van der Waals surface area contributed by atoms with Crippen molar-refractivity contribution in [1.29, 1.82) is 0 Å². The maximum atomic E-state index is 12.2. The topological polar surface area (TPSA) is 111 Å². The predicted octanol–water partition coefficient (Wildman–Crippen LogP) is 1.50. The lowest BCUT2D eigenvalue weighted by Gasteiger charge is -2.09. The number of rotatable bonds is 9. The number of nitrogens with two attached hydrogens (primary N) is 1. The van der Waals surface area contributed by atoms with Gasteiger partial charge in [-0.1, -0.05) is 18.2 Å². The van der Waals surface area contributed by atoms with Crippen molar-refractivity contribution in [1.82, 2.24) is 4.72 Å². The first-order chi connectivity index (χ1) is 12.4. The highest BCUT2D eigenvalue weighted by molar-refractivity contribution is 7.89. The minimum absolute atomic E-state index is 0.0739. The highest BCUT2D eigenvalue weighted by Crippen LogP contribution is 2.16. The number of hydrogen-bond donors (Lipinski definition) is 3. The number of anilines is 1. The monoisotopic (exact) mass is 377 g/mol. The second-order valence-corrected chi connectivity index (χ2v) is 7.28. The van der Waals surface area contributed by atoms with E-state index in [1.165, 1.54) is 12.1 Å². The van der Waals surface area contributed by atoms with E-state index in [4.69, 9.17) is 10.5 Å². The first-order valence-corrected chi connectivity index (χ1v) is 9.74. The van der Waals surface area contributed by atoms with E-state index in [2.05, 4.69) is 10.0 Å². The van der Waals surface area contributed by atoms with Crippen molar-refractivity contribution >= 4 is 21.6 Å². The van der Waals surface area contributed by atoms with E-state index in [1.54, 1.807) is 12.1 Å². The summed E-state index contributed by atoms with van der Waals surface area (Å²) in [5.41, 5.74) is 6.56. The summed E-state index contributed by atoms with van der Waals surface area (Å²) in [7, 11) is -3.65. The van der Waals surface area contributed by atoms with Gasteiger partial charge in [0.1, 0.15) is 5.75 Å². The number of nitrogens with one attached hydrogen (secondary N) is 2. The van der Waals surface area contributed by atoms with Crippen molar-refractivity contribution in [3.8, 4) is 5.75 Å². The lowest BCUT2D eigenvalue weighted by molar-refractivity contribution is -0.115. The zero-order valence-corrected chi connectivity index (χ0v) is 15.4. The summed E-state index contributed by atoms with van der Waals surface area (Å²) >= 11 is 0. The average molecular weight is 377 g/mol. The third kappa shape index (κ3) is 5.83. The fourth-order valence-corrected chi connectivity index (χ4v) is 3.37. The third-order valence-electron chi connectivity index (χ3n) is 3.46. The number of sulfonamides is 1. The fraction of sp³-hybridized carbons (Fsp3) is 0.278. The molecule has 7 nitrogen and oxygen atoms in total. The second-order valence-electron chi connectivity index (χ2n) is 5.52. The van der Waals surface area contributed by atoms with Crippen LogP contribution in [0.4, 0.5) is 5.69 Å². The molecule has 0 unspecified atom stereocenters. The van der Waals surface area contributed by atoms with Crippen molar-refractivity contribution in [3.05, 3.63) is 54.1 Å². The van der Waals surface area contributed by atoms with E-state index >= 15 is 0 Å². The molecular weight excluding hydrogens is 354 g/mol. The molecule has 0 aliphatic carbocycles. The van der Waals surface area contributed by atoms with Crippen LogP contribution in [0.15, 0.2) is 53.4 Å². The molecular formula is C18H23N3O4S. The van der Waals surface area contributed by atoms with Crippen LogP contribution in [0.25, 0.3) is 0 Å². The Morgan fingerprint density at radius 1 is 1.15 bits per heavy atom. The van der Waals surface area contributed by atoms with Gasteiger partial charge in [-0.15, -0.1) is 0 Å². The molecule has 0 saturated carbocycles. The quantitative estimate of drug-likeness (QED) is 0.613. The molecule has 2 rings (SSSR count). The normalized spacial score (nSPS) is 11.2. The first-order valence-electron chi connectivity index (χ1n) is 8.26. The summed E-state index contributed by atoms with van der Waals surface area (Å²) in [6.07, 6.45) is 0.175. The van der Waals surface area contributed by atoms with Crippen molar-refractivity contribution in [2.45, 2.75) is 18.2 Å². The van der Waals surface area contributed by atoms with Crippen LogP contribution < -0.4 is 20.5 Å². The zero-order valence-electron chi connectivity index (χ0n) is 14.6. The van der Waals surface area contributed by atoms with Crippen LogP contribution >= 0.6 is 0 Å². The summed E-state index contributed by atoms with van der Waals surface area (Å²) in [6, 6.07) is 13.3. The van der Waals surface area contributed by atoms with Crippen molar-refractivity contribution in [2.24, 2.45) is 5.73 Å². The highest BCUT2D eigenvalue weighted by atomic mass is 32.2. The van der Waals surface area contributed by atoms with E-state index in [9.17, 15) is 13.2 Å². The molecule has 8 heteroatoms. The van der Waals surface area contributed by atoms with E-state index in [-0.39, 0.29) is 30.3 Å². The number of carbonyl (C=O) groups excluding carboxylic acids is 1. The molecule has 1 amide bonds. The molecule has 0 fully saturated rings. The molecule has 2 aromatic rings. The molecule has 0 aromatic heterocycles. The van der Waals surface area contributed by atoms with Gasteiger partial charge < -0.3 is 15.8 Å². The smallest absolute Gasteiger partial charge is 0.240 e. The SMILES string of the molecule is CCOc1ccc(CC(=O)Nc2cccc(S(=O)(=O)NCCN)c2)cc1. The van der Waals surface area contributed by atoms with Gasteiger partial charge >= 0.3 is 0 Å². The Kier molecular flexibility index (Phi) is 7.14. The molecule has 0 spiro atoms. The molecule has 0 heterocycles. The van der Waals surface area contributed by atoms with Gasteiger partial charge in [0.25, 0.3) is 0 Å². The van der Waals surface area contributed by atoms with Gasteiger partial charge in [0.15, 0.2) is 0 Å². The van der Waals surface area contributed by atoms with Gasteiger partial charge in [-0.25, -0.2) is 13.1 Å². The van der Waals surface area contributed by atoms with Gasteiger partial charge in [-0.3, -0.25) is 4.79 Å². The number of amides is 1. The summed E-state index contributed by atoms with van der Waals surface area (Å²) in [5.74, 6) is 0.512. The second kappa shape index (κ2) is 9.33. The predicted molar refractivity (Wildman–Crippen MR) is 101 cm³/mol. The fourth-order valence-electron chi connectivity index (χ4n) is 2.28. The Balaban J connectivity index is 2.01. The van der Waals surface area contributed by atoms with Crippen LogP contribution in [0.5, 0.6) is 5.75 Å². The molecule has 140 valence electrons. The maximum Gasteiger partial charge on any atom is 0.240 e. The zero-order chi connectivity index (χ0) is 19.0. The average Bonchev–Trinajstić information content (AvgIpc) is 2.62. The van der Waals surface area contributed by atoms with Gasteiger partial charge in [0.05, 0.1) is 17.9 Å².